The SMILES string of the molecule is COC(=O)C(CN)c1ccccc1O. The minimum Gasteiger partial charge on any atom is -0.508 e. The lowest BCUT2D eigenvalue weighted by Gasteiger charge is -2.13. The number of methoxy groups -OCH3 is 1. The van der Waals surface area contributed by atoms with Gasteiger partial charge in [0.05, 0.1) is 13.0 Å². The zero-order valence-electron chi connectivity index (χ0n) is 7.93. The smallest absolute Gasteiger partial charge is 0.314 e. The van der Waals surface area contributed by atoms with Crippen LogP contribution in [0.3, 0.4) is 0 Å². The van der Waals surface area contributed by atoms with E-state index in [1.54, 1.807) is 18.2 Å². The molecule has 0 aliphatic carbocycles. The van der Waals surface area contributed by atoms with Crippen LogP contribution in [-0.4, -0.2) is 24.7 Å². The molecule has 4 nitrogen and oxygen atoms in total. The van der Waals surface area contributed by atoms with Gasteiger partial charge < -0.3 is 15.6 Å². The van der Waals surface area contributed by atoms with Gasteiger partial charge in [0.15, 0.2) is 0 Å². The molecule has 0 saturated heterocycles. The van der Waals surface area contributed by atoms with Crippen LogP contribution in [0.15, 0.2) is 24.3 Å². The summed E-state index contributed by atoms with van der Waals surface area (Å²) in [4.78, 5) is 11.3. The summed E-state index contributed by atoms with van der Waals surface area (Å²) in [5.41, 5.74) is 5.94. The molecule has 1 unspecified atom stereocenters. The molecule has 0 heterocycles. The molecule has 0 aromatic heterocycles. The number of aromatic hydroxyl groups is 1. The van der Waals surface area contributed by atoms with E-state index in [1.807, 2.05) is 0 Å². The van der Waals surface area contributed by atoms with Crippen molar-refractivity contribution in [1.82, 2.24) is 0 Å². The topological polar surface area (TPSA) is 72.5 Å². The molecular formula is C10H13NO3. The predicted octanol–water partition coefficient (Wildman–Crippen LogP) is 0.607. The molecule has 76 valence electrons. The maximum absolute atomic E-state index is 11.3. The molecule has 0 fully saturated rings. The number of hydrogen-bond donors (Lipinski definition) is 2. The Balaban J connectivity index is 3.01. The maximum Gasteiger partial charge on any atom is 0.314 e. The van der Waals surface area contributed by atoms with Crippen molar-refractivity contribution in [1.29, 1.82) is 0 Å². The van der Waals surface area contributed by atoms with E-state index in [0.29, 0.717) is 5.56 Å². The molecule has 0 radical (unpaired) electrons. The van der Waals surface area contributed by atoms with E-state index in [0.717, 1.165) is 0 Å². The van der Waals surface area contributed by atoms with Crippen molar-refractivity contribution in [2.24, 2.45) is 5.73 Å². The molecule has 0 bridgehead atoms. The van der Waals surface area contributed by atoms with Crippen molar-refractivity contribution in [2.75, 3.05) is 13.7 Å². The molecule has 1 aromatic rings. The van der Waals surface area contributed by atoms with Gasteiger partial charge in [0.2, 0.25) is 0 Å². The Morgan fingerprint density at radius 1 is 1.57 bits per heavy atom. The third kappa shape index (κ3) is 2.03. The van der Waals surface area contributed by atoms with Crippen LogP contribution in [0.25, 0.3) is 0 Å². The number of esters is 1. The summed E-state index contributed by atoms with van der Waals surface area (Å²) in [6, 6.07) is 6.59. The minimum absolute atomic E-state index is 0.0633. The zero-order valence-corrected chi connectivity index (χ0v) is 7.93. The van der Waals surface area contributed by atoms with Gasteiger partial charge in [-0.3, -0.25) is 4.79 Å². The number of carbonyl (C=O) groups is 1. The molecule has 14 heavy (non-hydrogen) atoms. The second-order valence-corrected chi connectivity index (χ2v) is 2.87. The maximum atomic E-state index is 11.3. The van der Waals surface area contributed by atoms with Crippen LogP contribution in [-0.2, 0) is 9.53 Å². The van der Waals surface area contributed by atoms with Crippen LogP contribution < -0.4 is 5.73 Å². The molecule has 1 atom stereocenters. The Morgan fingerprint density at radius 2 is 2.21 bits per heavy atom. The van der Waals surface area contributed by atoms with Crippen LogP contribution in [0.4, 0.5) is 0 Å². The molecule has 4 heteroatoms. The standard InChI is InChI=1S/C10H13NO3/c1-14-10(13)8(6-11)7-4-2-3-5-9(7)12/h2-5,8,12H,6,11H2,1H3. The average molecular weight is 195 g/mol. The molecule has 3 N–H and O–H groups in total. The second kappa shape index (κ2) is 4.62. The highest BCUT2D eigenvalue weighted by Gasteiger charge is 2.21. The van der Waals surface area contributed by atoms with Crippen LogP contribution in [0.1, 0.15) is 11.5 Å². The van der Waals surface area contributed by atoms with Crippen molar-refractivity contribution in [2.45, 2.75) is 5.92 Å². The molecule has 0 amide bonds. The van der Waals surface area contributed by atoms with E-state index in [1.165, 1.54) is 13.2 Å². The van der Waals surface area contributed by atoms with Crippen molar-refractivity contribution >= 4 is 5.97 Å². The largest absolute Gasteiger partial charge is 0.508 e. The number of ether oxygens (including phenoxy) is 1. The first-order chi connectivity index (χ1) is 6.70. The number of benzene rings is 1. The normalized spacial score (nSPS) is 12.1. The highest BCUT2D eigenvalue weighted by atomic mass is 16.5. The van der Waals surface area contributed by atoms with Gasteiger partial charge in [-0.2, -0.15) is 0 Å². The minimum atomic E-state index is -0.596. The third-order valence-corrected chi connectivity index (χ3v) is 2.03. The monoisotopic (exact) mass is 195 g/mol. The van der Waals surface area contributed by atoms with Crippen molar-refractivity contribution < 1.29 is 14.6 Å². The van der Waals surface area contributed by atoms with Gasteiger partial charge in [-0.25, -0.2) is 0 Å². The first-order valence-electron chi connectivity index (χ1n) is 4.26. The fourth-order valence-electron chi connectivity index (χ4n) is 1.27. The number of phenolic OH excluding ortho intramolecular Hbond substituents is 1. The fraction of sp³-hybridized carbons (Fsp3) is 0.300. The van der Waals surface area contributed by atoms with E-state index in [4.69, 9.17) is 5.73 Å². The summed E-state index contributed by atoms with van der Waals surface area (Å²) >= 11 is 0. The molecule has 0 aliphatic rings. The number of para-hydroxylation sites is 1. The lowest BCUT2D eigenvalue weighted by molar-refractivity contribution is -0.142. The Bertz CT molecular complexity index is 325. The molecule has 0 aliphatic heterocycles. The van der Waals surface area contributed by atoms with Crippen LogP contribution in [0.5, 0.6) is 5.75 Å². The van der Waals surface area contributed by atoms with Crippen molar-refractivity contribution in [3.8, 4) is 5.75 Å². The number of phenols is 1. The molecule has 1 rings (SSSR count). The van der Waals surface area contributed by atoms with Crippen LogP contribution in [0.2, 0.25) is 0 Å². The Kier molecular flexibility index (Phi) is 3.48. The lowest BCUT2D eigenvalue weighted by atomic mass is 9.98. The first kappa shape index (κ1) is 10.5. The second-order valence-electron chi connectivity index (χ2n) is 2.87. The van der Waals surface area contributed by atoms with Gasteiger partial charge in [0, 0.05) is 12.1 Å². The summed E-state index contributed by atoms with van der Waals surface area (Å²) in [7, 11) is 1.30. The van der Waals surface area contributed by atoms with Gasteiger partial charge in [-0.1, -0.05) is 18.2 Å². The molecule has 0 spiro atoms. The van der Waals surface area contributed by atoms with Crippen LogP contribution >= 0.6 is 0 Å². The summed E-state index contributed by atoms with van der Waals surface area (Å²) in [5, 5.41) is 9.49. The average Bonchev–Trinajstić information content (AvgIpc) is 2.21. The number of rotatable bonds is 3. The number of carbonyl (C=O) groups excluding carboxylic acids is 1. The van der Waals surface area contributed by atoms with Crippen molar-refractivity contribution in [3.63, 3.8) is 0 Å². The molecule has 0 saturated carbocycles. The van der Waals surface area contributed by atoms with Gasteiger partial charge in [0.1, 0.15) is 5.75 Å². The molecular weight excluding hydrogens is 182 g/mol. The number of nitrogens with two attached hydrogens (primary N) is 1. The highest BCUT2D eigenvalue weighted by molar-refractivity contribution is 5.79. The van der Waals surface area contributed by atoms with Gasteiger partial charge in [0.25, 0.3) is 0 Å². The van der Waals surface area contributed by atoms with E-state index in [9.17, 15) is 9.90 Å². The van der Waals surface area contributed by atoms with Gasteiger partial charge >= 0.3 is 5.97 Å². The zero-order chi connectivity index (χ0) is 10.6. The summed E-state index contributed by atoms with van der Waals surface area (Å²) in [6.45, 7) is 0.115. The Hall–Kier alpha value is -1.55. The Labute approximate surface area is 82.3 Å². The molecule has 1 aromatic carbocycles. The van der Waals surface area contributed by atoms with Crippen LogP contribution in [0, 0.1) is 0 Å². The van der Waals surface area contributed by atoms with Gasteiger partial charge in [-0.05, 0) is 6.07 Å². The van der Waals surface area contributed by atoms with E-state index in [2.05, 4.69) is 4.74 Å². The van der Waals surface area contributed by atoms with Crippen molar-refractivity contribution in [3.05, 3.63) is 29.8 Å². The third-order valence-electron chi connectivity index (χ3n) is 2.03. The summed E-state index contributed by atoms with van der Waals surface area (Å²) in [5.74, 6) is -0.969. The van der Waals surface area contributed by atoms with Gasteiger partial charge in [-0.15, -0.1) is 0 Å². The lowest BCUT2D eigenvalue weighted by Crippen LogP contribution is -2.22. The van der Waals surface area contributed by atoms with E-state index >= 15 is 0 Å². The Morgan fingerprint density at radius 3 is 2.71 bits per heavy atom. The van der Waals surface area contributed by atoms with E-state index < -0.39 is 11.9 Å². The summed E-state index contributed by atoms with van der Waals surface area (Å²) < 4.78 is 4.58. The quantitative estimate of drug-likeness (QED) is 0.693. The first-order valence-corrected chi connectivity index (χ1v) is 4.26. The summed E-state index contributed by atoms with van der Waals surface area (Å²) in [6.07, 6.45) is 0. The fourth-order valence-corrected chi connectivity index (χ4v) is 1.27. The predicted molar refractivity (Wildman–Crippen MR) is 51.9 cm³/mol. The van der Waals surface area contributed by atoms with E-state index in [-0.39, 0.29) is 12.3 Å². The number of hydrogen-bond acceptors (Lipinski definition) is 4. The highest BCUT2D eigenvalue weighted by Crippen LogP contribution is 2.25.